The second-order valence-corrected chi connectivity index (χ2v) is 4.79. The molecule has 0 bridgehead atoms. The van der Waals surface area contributed by atoms with Gasteiger partial charge in [0.1, 0.15) is 6.26 Å². The Morgan fingerprint density at radius 2 is 2.47 bits per heavy atom. The van der Waals surface area contributed by atoms with Gasteiger partial charge in [-0.05, 0) is 6.92 Å². The van der Waals surface area contributed by atoms with Crippen LogP contribution in [0, 0.1) is 0 Å². The smallest absolute Gasteiger partial charge is 0.255 e. The molecular formula is C9H11N3OS2. The van der Waals surface area contributed by atoms with Crippen molar-refractivity contribution in [2.45, 2.75) is 17.9 Å². The summed E-state index contributed by atoms with van der Waals surface area (Å²) >= 11 is 3.24. The third-order valence-electron chi connectivity index (χ3n) is 1.63. The first-order chi connectivity index (χ1) is 7.38. The summed E-state index contributed by atoms with van der Waals surface area (Å²) in [6, 6.07) is 0. The number of anilines is 1. The van der Waals surface area contributed by atoms with E-state index in [2.05, 4.69) is 22.2 Å². The molecule has 0 radical (unpaired) electrons. The van der Waals surface area contributed by atoms with Crippen LogP contribution in [-0.2, 0) is 5.75 Å². The molecule has 0 spiro atoms. The summed E-state index contributed by atoms with van der Waals surface area (Å²) in [4.78, 5) is 9.51. The average molecular weight is 241 g/mol. The predicted molar refractivity (Wildman–Crippen MR) is 62.3 cm³/mol. The number of nitrogens with zero attached hydrogens (tertiary/aromatic N) is 2. The van der Waals surface area contributed by atoms with Crippen molar-refractivity contribution < 1.29 is 4.42 Å². The van der Waals surface area contributed by atoms with Gasteiger partial charge in [-0.3, -0.25) is 0 Å². The maximum Gasteiger partial charge on any atom is 0.255 e. The number of hydrogen-bond acceptors (Lipinski definition) is 6. The third kappa shape index (κ3) is 2.97. The largest absolute Gasteiger partial charge is 0.440 e. The fourth-order valence-corrected chi connectivity index (χ4v) is 2.71. The number of hydrogen-bond donors (Lipinski definition) is 1. The quantitative estimate of drug-likeness (QED) is 0.816. The summed E-state index contributed by atoms with van der Waals surface area (Å²) in [5.74, 6) is 0.851. The Labute approximate surface area is 96.1 Å². The molecule has 1 N–H and O–H groups in total. The zero-order valence-corrected chi connectivity index (χ0v) is 9.90. The molecule has 2 heterocycles. The first-order valence-electron chi connectivity index (χ1n) is 4.59. The normalized spacial score (nSPS) is 10.5. The fourth-order valence-electron chi connectivity index (χ4n) is 1.02. The molecule has 0 aliphatic rings. The summed E-state index contributed by atoms with van der Waals surface area (Å²) in [5.41, 5.74) is 0. The van der Waals surface area contributed by atoms with Crippen LogP contribution in [0.15, 0.2) is 28.3 Å². The molecule has 0 amide bonds. The van der Waals surface area contributed by atoms with Crippen molar-refractivity contribution >= 4 is 28.2 Å². The Kier molecular flexibility index (Phi) is 3.63. The monoisotopic (exact) mass is 241 g/mol. The Hall–Kier alpha value is -1.01. The van der Waals surface area contributed by atoms with Crippen molar-refractivity contribution in [3.05, 3.63) is 23.5 Å². The summed E-state index contributed by atoms with van der Waals surface area (Å²) in [7, 11) is 0. The van der Waals surface area contributed by atoms with E-state index in [-0.39, 0.29) is 0 Å². The van der Waals surface area contributed by atoms with Crippen LogP contribution in [0.2, 0.25) is 0 Å². The summed E-state index contributed by atoms with van der Waals surface area (Å²) in [6.45, 7) is 2.96. The molecule has 80 valence electrons. The van der Waals surface area contributed by atoms with Crippen LogP contribution in [-0.4, -0.2) is 16.5 Å². The van der Waals surface area contributed by atoms with Crippen molar-refractivity contribution in [1.29, 1.82) is 0 Å². The van der Waals surface area contributed by atoms with Crippen molar-refractivity contribution in [3.8, 4) is 0 Å². The maximum atomic E-state index is 5.13. The van der Waals surface area contributed by atoms with Crippen LogP contribution < -0.4 is 5.32 Å². The van der Waals surface area contributed by atoms with Crippen LogP contribution in [0.4, 0.5) is 5.13 Å². The van der Waals surface area contributed by atoms with Crippen molar-refractivity contribution in [3.63, 3.8) is 0 Å². The number of thioether (sulfide) groups is 1. The molecule has 2 aromatic heterocycles. The van der Waals surface area contributed by atoms with Crippen LogP contribution in [0.25, 0.3) is 0 Å². The van der Waals surface area contributed by atoms with Gasteiger partial charge in [0.05, 0.1) is 6.20 Å². The molecule has 15 heavy (non-hydrogen) atoms. The van der Waals surface area contributed by atoms with E-state index in [4.69, 9.17) is 4.42 Å². The van der Waals surface area contributed by atoms with E-state index in [9.17, 15) is 0 Å². The summed E-state index contributed by atoms with van der Waals surface area (Å²) in [6.07, 6.45) is 5.12. The molecule has 6 heteroatoms. The fraction of sp³-hybridized carbons (Fsp3) is 0.333. The average Bonchev–Trinajstić information content (AvgIpc) is 2.85. The highest BCUT2D eigenvalue weighted by molar-refractivity contribution is 7.98. The topological polar surface area (TPSA) is 51.0 Å². The van der Waals surface area contributed by atoms with E-state index in [0.717, 1.165) is 17.4 Å². The highest BCUT2D eigenvalue weighted by Crippen LogP contribution is 2.26. The number of nitrogens with one attached hydrogen (secondary N) is 1. The first kappa shape index (κ1) is 10.5. The van der Waals surface area contributed by atoms with Crippen LogP contribution in [0.5, 0.6) is 0 Å². The molecule has 0 fully saturated rings. The van der Waals surface area contributed by atoms with Crippen LogP contribution >= 0.6 is 23.1 Å². The Balaban J connectivity index is 1.88. The van der Waals surface area contributed by atoms with Crippen LogP contribution in [0.1, 0.15) is 11.8 Å². The van der Waals surface area contributed by atoms with Gasteiger partial charge in [0, 0.05) is 23.4 Å². The number of rotatable bonds is 5. The SMILES string of the molecule is CCNc1ncc(CSc2ncco2)s1. The van der Waals surface area contributed by atoms with E-state index in [0.29, 0.717) is 5.22 Å². The van der Waals surface area contributed by atoms with E-state index in [1.165, 1.54) is 4.88 Å². The molecule has 0 unspecified atom stereocenters. The predicted octanol–water partition coefficient (Wildman–Crippen LogP) is 2.86. The third-order valence-corrected chi connectivity index (χ3v) is 3.67. The van der Waals surface area contributed by atoms with E-state index in [1.807, 2.05) is 6.20 Å². The van der Waals surface area contributed by atoms with Crippen LogP contribution in [0.3, 0.4) is 0 Å². The number of aromatic nitrogens is 2. The lowest BCUT2D eigenvalue weighted by atomic mass is 10.6. The molecule has 0 aliphatic carbocycles. The van der Waals surface area contributed by atoms with Gasteiger partial charge in [-0.1, -0.05) is 11.8 Å². The molecule has 0 aromatic carbocycles. The molecule has 4 nitrogen and oxygen atoms in total. The molecule has 0 saturated carbocycles. The lowest BCUT2D eigenvalue weighted by Crippen LogP contribution is -1.94. The number of thiazole rings is 1. The highest BCUT2D eigenvalue weighted by Gasteiger charge is 2.03. The van der Waals surface area contributed by atoms with Gasteiger partial charge >= 0.3 is 0 Å². The summed E-state index contributed by atoms with van der Waals surface area (Å²) < 4.78 is 5.13. The van der Waals surface area contributed by atoms with Crippen molar-refractivity contribution in [2.75, 3.05) is 11.9 Å². The lowest BCUT2D eigenvalue weighted by Gasteiger charge is -1.94. The van der Waals surface area contributed by atoms with Gasteiger partial charge in [0.15, 0.2) is 5.13 Å². The van der Waals surface area contributed by atoms with Gasteiger partial charge in [-0.25, -0.2) is 9.97 Å². The Morgan fingerprint density at radius 1 is 1.53 bits per heavy atom. The summed E-state index contributed by atoms with van der Waals surface area (Å²) in [5, 5.41) is 4.86. The molecule has 0 saturated heterocycles. The zero-order valence-electron chi connectivity index (χ0n) is 8.27. The molecule has 2 aromatic rings. The second-order valence-electron chi connectivity index (χ2n) is 2.75. The first-order valence-corrected chi connectivity index (χ1v) is 6.39. The van der Waals surface area contributed by atoms with Crippen molar-refractivity contribution in [2.24, 2.45) is 0 Å². The molecular weight excluding hydrogens is 230 g/mol. The minimum Gasteiger partial charge on any atom is -0.440 e. The number of oxazole rings is 1. The molecule has 2 rings (SSSR count). The van der Waals surface area contributed by atoms with Gasteiger partial charge in [-0.2, -0.15) is 0 Å². The van der Waals surface area contributed by atoms with Gasteiger partial charge in [0.2, 0.25) is 0 Å². The second kappa shape index (κ2) is 5.18. The lowest BCUT2D eigenvalue weighted by molar-refractivity contribution is 0.454. The minimum atomic E-state index is 0.702. The van der Waals surface area contributed by atoms with Gasteiger partial charge < -0.3 is 9.73 Å². The Morgan fingerprint density at radius 3 is 3.20 bits per heavy atom. The highest BCUT2D eigenvalue weighted by atomic mass is 32.2. The zero-order chi connectivity index (χ0) is 10.5. The van der Waals surface area contributed by atoms with Gasteiger partial charge in [-0.15, -0.1) is 11.3 Å². The van der Waals surface area contributed by atoms with E-state index >= 15 is 0 Å². The van der Waals surface area contributed by atoms with E-state index < -0.39 is 0 Å². The molecule has 0 aliphatic heterocycles. The molecule has 0 atom stereocenters. The standard InChI is InChI=1S/C9H11N3OS2/c1-2-10-8-12-5-7(15-8)6-14-9-11-3-4-13-9/h3-5H,2,6H2,1H3,(H,10,12). The Bertz CT molecular complexity index is 399. The van der Waals surface area contributed by atoms with Gasteiger partial charge in [0.25, 0.3) is 5.22 Å². The maximum absolute atomic E-state index is 5.13. The van der Waals surface area contributed by atoms with Crippen molar-refractivity contribution in [1.82, 2.24) is 9.97 Å². The van der Waals surface area contributed by atoms with E-state index in [1.54, 1.807) is 35.6 Å². The minimum absolute atomic E-state index is 0.702.